The maximum Gasteiger partial charge on any atom is 0.228 e. The minimum Gasteiger partial charge on any atom is -0.491 e. The van der Waals surface area contributed by atoms with E-state index in [2.05, 4.69) is 21.5 Å². The molecule has 1 amide bonds. The molecule has 0 atom stereocenters. The summed E-state index contributed by atoms with van der Waals surface area (Å²) in [5.74, 6) is 1.91. The number of aromatic nitrogens is 3. The van der Waals surface area contributed by atoms with Crippen molar-refractivity contribution in [2.24, 2.45) is 11.8 Å². The molecule has 8 nitrogen and oxygen atoms in total. The van der Waals surface area contributed by atoms with Crippen molar-refractivity contribution in [2.45, 2.75) is 38.5 Å². The van der Waals surface area contributed by atoms with Crippen LogP contribution in [-0.2, 0) is 9.59 Å². The Hall–Kier alpha value is -3.73. The zero-order valence-electron chi connectivity index (χ0n) is 17.6. The van der Waals surface area contributed by atoms with Crippen LogP contribution in [-0.4, -0.2) is 32.9 Å². The molecule has 0 radical (unpaired) electrons. The van der Waals surface area contributed by atoms with E-state index in [-0.39, 0.29) is 11.8 Å². The molecule has 0 bridgehead atoms. The quantitative estimate of drug-likeness (QED) is 0.639. The summed E-state index contributed by atoms with van der Waals surface area (Å²) in [7, 11) is 0. The fourth-order valence-corrected chi connectivity index (χ4v) is 4.02. The number of hydrogen-bond acceptors (Lipinski definition) is 6. The number of anilines is 1. The van der Waals surface area contributed by atoms with Crippen LogP contribution in [0, 0.1) is 23.2 Å². The highest BCUT2D eigenvalue weighted by Gasteiger charge is 2.30. The van der Waals surface area contributed by atoms with Crippen molar-refractivity contribution in [1.82, 2.24) is 14.6 Å². The standard InChI is InChI=1S/C24H23N5O3/c25-12-18-10-21(22(13-26-18)32-14-15-1-5-20(30)6-2-15)17-7-8-29-19(9-17)11-23(28-29)27-24(31)16-3-4-16/h7-11,13,15-16H,1-6,14H2,(H,27,28,31). The lowest BCUT2D eigenvalue weighted by Crippen LogP contribution is -2.20. The molecule has 2 aliphatic rings. The molecule has 0 saturated heterocycles. The van der Waals surface area contributed by atoms with Crippen LogP contribution in [0.5, 0.6) is 5.75 Å². The fraction of sp³-hybridized carbons (Fsp3) is 0.375. The summed E-state index contributed by atoms with van der Waals surface area (Å²) in [4.78, 5) is 27.7. The number of ether oxygens (including phenoxy) is 1. The van der Waals surface area contributed by atoms with Gasteiger partial charge in [-0.05, 0) is 55.4 Å². The number of Topliss-reactive ketones (excluding diaryl/α,β-unsaturated/α-hetero) is 1. The van der Waals surface area contributed by atoms with Gasteiger partial charge in [-0.1, -0.05) is 0 Å². The normalized spacial score (nSPS) is 16.7. The first-order valence-electron chi connectivity index (χ1n) is 10.9. The molecule has 0 aliphatic heterocycles. The number of hydrogen-bond donors (Lipinski definition) is 1. The highest BCUT2D eigenvalue weighted by Crippen LogP contribution is 2.33. The van der Waals surface area contributed by atoms with E-state index in [4.69, 9.17) is 4.74 Å². The number of nitrogens with zero attached hydrogens (tertiary/aromatic N) is 4. The van der Waals surface area contributed by atoms with E-state index in [0.29, 0.717) is 48.4 Å². The second-order valence-corrected chi connectivity index (χ2v) is 8.55. The summed E-state index contributed by atoms with van der Waals surface area (Å²) in [6.45, 7) is 0.514. The molecule has 3 aromatic rings. The van der Waals surface area contributed by atoms with Crippen molar-refractivity contribution in [3.8, 4) is 22.9 Å². The molecular weight excluding hydrogens is 406 g/mol. The molecule has 1 N–H and O–H groups in total. The van der Waals surface area contributed by atoms with Gasteiger partial charge in [-0.15, -0.1) is 0 Å². The van der Waals surface area contributed by atoms with Crippen LogP contribution < -0.4 is 10.1 Å². The zero-order chi connectivity index (χ0) is 22.1. The molecule has 2 aliphatic carbocycles. The summed E-state index contributed by atoms with van der Waals surface area (Å²) >= 11 is 0. The molecule has 2 saturated carbocycles. The molecule has 3 heterocycles. The van der Waals surface area contributed by atoms with Crippen molar-refractivity contribution in [3.05, 3.63) is 42.4 Å². The molecular formula is C24H23N5O3. The van der Waals surface area contributed by atoms with Gasteiger partial charge in [0.1, 0.15) is 23.3 Å². The lowest BCUT2D eigenvalue weighted by Gasteiger charge is -2.22. The van der Waals surface area contributed by atoms with Crippen molar-refractivity contribution in [3.63, 3.8) is 0 Å². The summed E-state index contributed by atoms with van der Waals surface area (Å²) in [5, 5.41) is 16.6. The number of pyridine rings is 2. The van der Waals surface area contributed by atoms with Crippen LogP contribution in [0.3, 0.4) is 0 Å². The van der Waals surface area contributed by atoms with Gasteiger partial charge < -0.3 is 10.1 Å². The van der Waals surface area contributed by atoms with Crippen LogP contribution >= 0.6 is 0 Å². The summed E-state index contributed by atoms with van der Waals surface area (Å²) in [6, 6.07) is 9.48. The Morgan fingerprint density at radius 2 is 2.03 bits per heavy atom. The van der Waals surface area contributed by atoms with Gasteiger partial charge in [0.05, 0.1) is 18.3 Å². The monoisotopic (exact) mass is 429 g/mol. The molecule has 32 heavy (non-hydrogen) atoms. The number of carbonyl (C=O) groups excluding carboxylic acids is 2. The Morgan fingerprint density at radius 1 is 1.22 bits per heavy atom. The maximum absolute atomic E-state index is 12.0. The molecule has 0 aromatic carbocycles. The van der Waals surface area contributed by atoms with E-state index in [0.717, 1.165) is 42.3 Å². The number of rotatable bonds is 6. The Labute approximate surface area is 185 Å². The number of nitriles is 1. The molecule has 0 unspecified atom stereocenters. The predicted molar refractivity (Wildman–Crippen MR) is 117 cm³/mol. The van der Waals surface area contributed by atoms with Crippen LogP contribution in [0.4, 0.5) is 5.82 Å². The molecule has 8 heteroatoms. The van der Waals surface area contributed by atoms with Crippen molar-refractivity contribution >= 4 is 23.0 Å². The lowest BCUT2D eigenvalue weighted by molar-refractivity contribution is -0.121. The molecule has 2 fully saturated rings. The van der Waals surface area contributed by atoms with Crippen molar-refractivity contribution in [1.29, 1.82) is 5.26 Å². The Balaban J connectivity index is 1.40. The number of nitrogens with one attached hydrogen (secondary N) is 1. The van der Waals surface area contributed by atoms with E-state index in [1.54, 1.807) is 16.8 Å². The van der Waals surface area contributed by atoms with E-state index in [9.17, 15) is 14.9 Å². The molecule has 5 rings (SSSR count). The summed E-state index contributed by atoms with van der Waals surface area (Å²) in [6.07, 6.45) is 8.20. The van der Waals surface area contributed by atoms with E-state index in [1.807, 2.05) is 24.4 Å². The fourth-order valence-electron chi connectivity index (χ4n) is 4.02. The molecule has 162 valence electrons. The van der Waals surface area contributed by atoms with Crippen LogP contribution in [0.25, 0.3) is 16.6 Å². The second-order valence-electron chi connectivity index (χ2n) is 8.55. The van der Waals surface area contributed by atoms with E-state index >= 15 is 0 Å². The van der Waals surface area contributed by atoms with Gasteiger partial charge in [-0.3, -0.25) is 9.59 Å². The highest BCUT2D eigenvalue weighted by molar-refractivity contribution is 5.93. The SMILES string of the molecule is N#Cc1cc(-c2ccn3nc(NC(=O)C4CC4)cc3c2)c(OCC2CCC(=O)CC2)cn1. The first-order chi connectivity index (χ1) is 15.6. The van der Waals surface area contributed by atoms with Crippen LogP contribution in [0.15, 0.2) is 36.7 Å². The topological polar surface area (TPSA) is 109 Å². The number of ketones is 1. The highest BCUT2D eigenvalue weighted by atomic mass is 16.5. The first kappa shape index (κ1) is 20.2. The maximum atomic E-state index is 12.0. The Bertz CT molecular complexity index is 1230. The zero-order valence-corrected chi connectivity index (χ0v) is 17.6. The third-order valence-electron chi connectivity index (χ3n) is 6.09. The Morgan fingerprint density at radius 3 is 2.78 bits per heavy atom. The van der Waals surface area contributed by atoms with Crippen LogP contribution in [0.1, 0.15) is 44.2 Å². The average Bonchev–Trinajstić information content (AvgIpc) is 3.59. The van der Waals surface area contributed by atoms with Gasteiger partial charge in [0.15, 0.2) is 5.82 Å². The minimum atomic E-state index is 0.0153. The number of amides is 1. The van der Waals surface area contributed by atoms with E-state index < -0.39 is 0 Å². The number of fused-ring (bicyclic) bond motifs is 1. The third-order valence-corrected chi connectivity index (χ3v) is 6.09. The molecule has 0 spiro atoms. The van der Waals surface area contributed by atoms with E-state index in [1.165, 1.54) is 0 Å². The van der Waals surface area contributed by atoms with Gasteiger partial charge in [0, 0.05) is 36.6 Å². The van der Waals surface area contributed by atoms with Gasteiger partial charge in [0.2, 0.25) is 5.91 Å². The van der Waals surface area contributed by atoms with Crippen molar-refractivity contribution in [2.75, 3.05) is 11.9 Å². The van der Waals surface area contributed by atoms with Gasteiger partial charge in [-0.2, -0.15) is 10.4 Å². The number of carbonyl (C=O) groups is 2. The smallest absolute Gasteiger partial charge is 0.228 e. The minimum absolute atomic E-state index is 0.0153. The average molecular weight is 429 g/mol. The molecule has 3 aromatic heterocycles. The Kier molecular flexibility index (Phi) is 5.31. The predicted octanol–water partition coefficient (Wildman–Crippen LogP) is 3.75. The van der Waals surface area contributed by atoms with Gasteiger partial charge in [-0.25, -0.2) is 9.50 Å². The summed E-state index contributed by atoms with van der Waals surface area (Å²) in [5.41, 5.74) is 2.77. The van der Waals surface area contributed by atoms with Gasteiger partial charge in [0.25, 0.3) is 0 Å². The second kappa shape index (κ2) is 8.42. The van der Waals surface area contributed by atoms with Gasteiger partial charge >= 0.3 is 0 Å². The van der Waals surface area contributed by atoms with Crippen LogP contribution in [0.2, 0.25) is 0 Å². The van der Waals surface area contributed by atoms with Crippen molar-refractivity contribution < 1.29 is 14.3 Å². The largest absolute Gasteiger partial charge is 0.491 e. The summed E-state index contributed by atoms with van der Waals surface area (Å²) < 4.78 is 7.81. The lowest BCUT2D eigenvalue weighted by atomic mass is 9.89. The first-order valence-corrected chi connectivity index (χ1v) is 10.9. The third kappa shape index (κ3) is 4.33.